The summed E-state index contributed by atoms with van der Waals surface area (Å²) < 4.78 is 28.7. The first kappa shape index (κ1) is 16.4. The minimum absolute atomic E-state index is 0.0861. The van der Waals surface area contributed by atoms with Gasteiger partial charge in [-0.25, -0.2) is 18.3 Å². The zero-order valence-corrected chi connectivity index (χ0v) is 13.9. The van der Waals surface area contributed by atoms with Crippen molar-refractivity contribution in [2.45, 2.75) is 18.9 Å². The number of halogens is 2. The van der Waals surface area contributed by atoms with Crippen molar-refractivity contribution >= 4 is 22.8 Å². The van der Waals surface area contributed by atoms with Crippen LogP contribution in [0.4, 0.5) is 19.3 Å². The van der Waals surface area contributed by atoms with Crippen LogP contribution in [0.25, 0.3) is 11.0 Å². The number of piperidine rings is 1. The van der Waals surface area contributed by atoms with E-state index in [0.717, 1.165) is 5.52 Å². The van der Waals surface area contributed by atoms with Crippen molar-refractivity contribution in [3.05, 3.63) is 54.1 Å². The van der Waals surface area contributed by atoms with Crippen molar-refractivity contribution in [3.63, 3.8) is 0 Å². The van der Waals surface area contributed by atoms with Crippen molar-refractivity contribution in [2.75, 3.05) is 18.4 Å². The average Bonchev–Trinajstić information content (AvgIpc) is 3.06. The molecule has 134 valence electrons. The number of nitrogens with zero attached hydrogens (tertiary/aromatic N) is 4. The number of carbonyl (C=O) groups is 1. The van der Waals surface area contributed by atoms with E-state index in [4.69, 9.17) is 0 Å². The molecule has 0 aliphatic carbocycles. The largest absolute Gasteiger partial charge is 0.324 e. The van der Waals surface area contributed by atoms with Crippen LogP contribution in [-0.2, 0) is 0 Å². The Hall–Kier alpha value is -3.03. The number of rotatable bonds is 2. The Labute approximate surface area is 148 Å². The summed E-state index contributed by atoms with van der Waals surface area (Å²) in [5, 5.41) is 10.8. The van der Waals surface area contributed by atoms with Gasteiger partial charge in [-0.1, -0.05) is 17.3 Å². The van der Waals surface area contributed by atoms with Crippen LogP contribution < -0.4 is 5.32 Å². The van der Waals surface area contributed by atoms with E-state index in [2.05, 4.69) is 15.6 Å². The normalized spacial score (nSPS) is 15.4. The van der Waals surface area contributed by atoms with Gasteiger partial charge in [0, 0.05) is 19.2 Å². The van der Waals surface area contributed by atoms with E-state index >= 15 is 0 Å². The summed E-state index contributed by atoms with van der Waals surface area (Å²) in [5.41, 5.74) is 1.47. The number of hydrogen-bond acceptors (Lipinski definition) is 3. The van der Waals surface area contributed by atoms with Crippen molar-refractivity contribution in [1.82, 2.24) is 19.9 Å². The smallest absolute Gasteiger partial charge is 0.321 e. The van der Waals surface area contributed by atoms with Crippen LogP contribution in [0.3, 0.4) is 0 Å². The molecule has 3 aromatic rings. The molecular formula is C18H17F2N5O. The van der Waals surface area contributed by atoms with Gasteiger partial charge in [-0.05, 0) is 37.1 Å². The summed E-state index contributed by atoms with van der Waals surface area (Å²) in [4.78, 5) is 14.0. The maximum atomic E-state index is 13.7. The first-order valence-electron chi connectivity index (χ1n) is 8.43. The summed E-state index contributed by atoms with van der Waals surface area (Å²) in [5.74, 6) is -0.804. The molecule has 1 aromatic heterocycles. The number of aromatic nitrogens is 3. The van der Waals surface area contributed by atoms with Gasteiger partial charge in [0.05, 0.1) is 17.2 Å². The van der Waals surface area contributed by atoms with Crippen LogP contribution >= 0.6 is 0 Å². The molecule has 8 heteroatoms. The van der Waals surface area contributed by atoms with Gasteiger partial charge in [-0.2, -0.15) is 0 Å². The minimum atomic E-state index is -0.461. The van der Waals surface area contributed by atoms with Gasteiger partial charge >= 0.3 is 6.03 Å². The fourth-order valence-corrected chi connectivity index (χ4v) is 3.26. The zero-order valence-electron chi connectivity index (χ0n) is 13.9. The summed E-state index contributed by atoms with van der Waals surface area (Å²) in [6.45, 7) is 1.04. The van der Waals surface area contributed by atoms with Gasteiger partial charge < -0.3 is 10.2 Å². The number of fused-ring (bicyclic) bond motifs is 1. The Morgan fingerprint density at radius 1 is 1.12 bits per heavy atom. The molecule has 1 N–H and O–H groups in total. The van der Waals surface area contributed by atoms with Crippen LogP contribution in [0.2, 0.25) is 0 Å². The lowest BCUT2D eigenvalue weighted by Crippen LogP contribution is -2.41. The average molecular weight is 357 g/mol. The highest BCUT2D eigenvalue weighted by Crippen LogP contribution is 2.26. The molecule has 26 heavy (non-hydrogen) atoms. The van der Waals surface area contributed by atoms with E-state index in [-0.39, 0.29) is 23.6 Å². The van der Waals surface area contributed by atoms with Crippen molar-refractivity contribution in [3.8, 4) is 0 Å². The molecule has 2 heterocycles. The number of hydrogen-bond donors (Lipinski definition) is 1. The molecule has 0 bridgehead atoms. The lowest BCUT2D eigenvalue weighted by Gasteiger charge is -2.32. The quantitative estimate of drug-likeness (QED) is 0.762. The Balaban J connectivity index is 1.42. The molecule has 1 saturated heterocycles. The summed E-state index contributed by atoms with van der Waals surface area (Å²) >= 11 is 0. The number of carbonyl (C=O) groups excluding carboxylic acids is 1. The molecule has 1 aliphatic rings. The maximum Gasteiger partial charge on any atom is 0.321 e. The third kappa shape index (κ3) is 3.10. The Kier molecular flexibility index (Phi) is 4.24. The minimum Gasteiger partial charge on any atom is -0.324 e. The number of benzene rings is 2. The Bertz CT molecular complexity index is 950. The fourth-order valence-electron chi connectivity index (χ4n) is 3.26. The molecule has 2 aromatic carbocycles. The molecule has 6 nitrogen and oxygen atoms in total. The topological polar surface area (TPSA) is 63.1 Å². The zero-order chi connectivity index (χ0) is 18.1. The van der Waals surface area contributed by atoms with Crippen LogP contribution in [0, 0.1) is 11.6 Å². The number of likely N-dealkylation sites (tertiary alicyclic amines) is 1. The van der Waals surface area contributed by atoms with Gasteiger partial charge in [0.1, 0.15) is 17.2 Å². The summed E-state index contributed by atoms with van der Waals surface area (Å²) in [6, 6.07) is 10.3. The molecular weight excluding hydrogens is 340 g/mol. The lowest BCUT2D eigenvalue weighted by molar-refractivity contribution is 0.181. The molecule has 2 amide bonds. The second-order valence-electron chi connectivity index (χ2n) is 6.30. The van der Waals surface area contributed by atoms with Crippen LogP contribution in [0.5, 0.6) is 0 Å². The molecule has 1 aliphatic heterocycles. The highest BCUT2D eigenvalue weighted by atomic mass is 19.1. The number of urea groups is 1. The first-order chi connectivity index (χ1) is 12.6. The van der Waals surface area contributed by atoms with Crippen molar-refractivity contribution in [1.29, 1.82) is 0 Å². The summed E-state index contributed by atoms with van der Waals surface area (Å²) in [6.07, 6.45) is 1.39. The summed E-state index contributed by atoms with van der Waals surface area (Å²) in [7, 11) is 0. The van der Waals surface area contributed by atoms with E-state index in [9.17, 15) is 13.6 Å². The third-order valence-electron chi connectivity index (χ3n) is 4.65. The number of anilines is 1. The second-order valence-corrected chi connectivity index (χ2v) is 6.30. The van der Waals surface area contributed by atoms with Gasteiger partial charge in [-0.3, -0.25) is 0 Å². The number of nitrogens with one attached hydrogen (secondary N) is 1. The van der Waals surface area contributed by atoms with E-state index in [1.165, 1.54) is 24.3 Å². The molecule has 0 unspecified atom stereocenters. The van der Waals surface area contributed by atoms with Crippen molar-refractivity contribution < 1.29 is 13.6 Å². The molecule has 0 atom stereocenters. The van der Waals surface area contributed by atoms with Gasteiger partial charge in [0.25, 0.3) is 0 Å². The maximum absolute atomic E-state index is 13.7. The monoisotopic (exact) mass is 357 g/mol. The van der Waals surface area contributed by atoms with Gasteiger partial charge in [0.2, 0.25) is 0 Å². The first-order valence-corrected chi connectivity index (χ1v) is 8.43. The van der Waals surface area contributed by atoms with Crippen LogP contribution in [0.1, 0.15) is 18.9 Å². The van der Waals surface area contributed by atoms with E-state index in [1.54, 1.807) is 27.8 Å². The van der Waals surface area contributed by atoms with E-state index < -0.39 is 5.82 Å². The third-order valence-corrected chi connectivity index (χ3v) is 4.65. The predicted octanol–water partition coefficient (Wildman–Crippen LogP) is 3.58. The van der Waals surface area contributed by atoms with Crippen LogP contribution in [0.15, 0.2) is 42.5 Å². The number of para-hydroxylation sites is 1. The highest BCUT2D eigenvalue weighted by Gasteiger charge is 2.26. The molecule has 1 fully saturated rings. The second kappa shape index (κ2) is 6.70. The number of amides is 2. The lowest BCUT2D eigenvalue weighted by atomic mass is 10.1. The molecule has 4 rings (SSSR count). The molecule has 0 saturated carbocycles. The fraction of sp³-hybridized carbons (Fsp3) is 0.278. The van der Waals surface area contributed by atoms with E-state index in [1.807, 2.05) is 0 Å². The molecule has 0 radical (unpaired) electrons. The SMILES string of the molecule is O=C(Nc1ccccc1F)N1CCC(n2nnc3cc(F)ccc32)CC1. The molecule has 0 spiro atoms. The highest BCUT2D eigenvalue weighted by molar-refractivity contribution is 5.89. The van der Waals surface area contributed by atoms with Crippen molar-refractivity contribution in [2.24, 2.45) is 0 Å². The Morgan fingerprint density at radius 2 is 1.88 bits per heavy atom. The van der Waals surface area contributed by atoms with Crippen LogP contribution in [-0.4, -0.2) is 39.0 Å². The standard InChI is InChI=1S/C18H17F2N5O/c19-12-5-6-17-16(11-12)22-23-25(17)13-7-9-24(10-8-13)18(26)21-15-4-2-1-3-14(15)20/h1-6,11,13H,7-10H2,(H,21,26). The van der Waals surface area contributed by atoms with E-state index in [0.29, 0.717) is 31.4 Å². The Morgan fingerprint density at radius 3 is 2.65 bits per heavy atom. The van der Waals surface area contributed by atoms with Gasteiger partial charge in [-0.15, -0.1) is 5.10 Å². The predicted molar refractivity (Wildman–Crippen MR) is 92.7 cm³/mol. The van der Waals surface area contributed by atoms with Gasteiger partial charge in [0.15, 0.2) is 0 Å².